The molecule has 1 amide bonds. The smallest absolute Gasteiger partial charge is 0.410 e. The van der Waals surface area contributed by atoms with Crippen LogP contribution in [0, 0.1) is 0 Å². The van der Waals surface area contributed by atoms with Crippen molar-refractivity contribution < 1.29 is 32.9 Å². The fourth-order valence-electron chi connectivity index (χ4n) is 9.68. The number of hydrogen-bond donors (Lipinski definition) is 0. The number of benzene rings is 2. The summed E-state index contributed by atoms with van der Waals surface area (Å²) in [5.74, 6) is 1.77. The van der Waals surface area contributed by atoms with Crippen LogP contribution in [0.5, 0.6) is 17.6 Å². The van der Waals surface area contributed by atoms with Crippen molar-refractivity contribution in [1.82, 2.24) is 24.8 Å². The van der Waals surface area contributed by atoms with Crippen LogP contribution < -0.4 is 19.1 Å². The Hall–Kier alpha value is -4.49. The molecule has 2 bridgehead atoms. The van der Waals surface area contributed by atoms with E-state index in [9.17, 15) is 9.18 Å². The lowest BCUT2D eigenvalue weighted by Gasteiger charge is -2.46. The van der Waals surface area contributed by atoms with Gasteiger partial charge in [-0.15, -0.1) is 0 Å². The number of aromatic nitrogens is 3. The molecule has 7 heterocycles. The number of ether oxygens (including phenoxy) is 5. The Balaban J connectivity index is 1.17. The van der Waals surface area contributed by atoms with Gasteiger partial charge in [0.25, 0.3) is 0 Å². The zero-order chi connectivity index (χ0) is 37.4. The number of methoxy groups -OCH3 is 1. The first kappa shape index (κ1) is 35.2. The number of amides is 1. The lowest BCUT2D eigenvalue weighted by molar-refractivity contribution is 0.00537. The normalized spacial score (nSPS) is 26.1. The standard InChI is InChI=1S/C41H49FN6O6/c1-6-24-9-7-10-25-15-28(53-23-50-5)16-29(34(24)25)30-17-31-35-36(45-38(44-31)52-22-41-13-8-14-46(41)19-26(42)18-41)47-20-27-11-12-32(33(47)21-51-37(35)43-30)48(27)39(49)54-40(2,3)4/h7,9-10,15-17,26-27,32-33H,6,8,11-14,18-23H2,1-5H3/t26-,27+,32-,33-,41-/m1/s1. The van der Waals surface area contributed by atoms with E-state index in [0.29, 0.717) is 66.8 Å². The van der Waals surface area contributed by atoms with Gasteiger partial charge in [-0.25, -0.2) is 14.2 Å². The summed E-state index contributed by atoms with van der Waals surface area (Å²) in [5.41, 5.74) is 2.41. The van der Waals surface area contributed by atoms with Crippen LogP contribution in [0.15, 0.2) is 36.4 Å². The SMILES string of the molecule is CCc1cccc2cc(OCOC)cc(-c3cc4nc(OC[C@]56CCCN5C[C@H](F)C6)nc5c4c(n3)OC[C@@H]3[C@H]4CC[C@@H](CN53)N4C(=O)OC(C)(C)C)c12. The summed E-state index contributed by atoms with van der Waals surface area (Å²) in [5, 5.41) is 2.81. The molecular formula is C41H49FN6O6. The predicted molar refractivity (Wildman–Crippen MR) is 202 cm³/mol. The first-order valence-electron chi connectivity index (χ1n) is 19.4. The van der Waals surface area contributed by atoms with E-state index in [0.717, 1.165) is 55.0 Å². The minimum Gasteiger partial charge on any atom is -0.475 e. The molecule has 0 N–H and O–H groups in total. The molecule has 0 radical (unpaired) electrons. The molecule has 54 heavy (non-hydrogen) atoms. The molecule has 5 aliphatic rings. The van der Waals surface area contributed by atoms with E-state index in [1.807, 2.05) is 43.9 Å². The molecule has 2 aromatic carbocycles. The van der Waals surface area contributed by atoms with Crippen LogP contribution in [-0.2, 0) is 15.9 Å². The number of fused-ring (bicyclic) bond motifs is 7. The monoisotopic (exact) mass is 740 g/mol. The first-order valence-corrected chi connectivity index (χ1v) is 19.4. The van der Waals surface area contributed by atoms with E-state index < -0.39 is 11.8 Å². The summed E-state index contributed by atoms with van der Waals surface area (Å²) in [4.78, 5) is 35.4. The molecular weight excluding hydrogens is 691 g/mol. The third-order valence-electron chi connectivity index (χ3n) is 11.9. The molecule has 0 spiro atoms. The number of pyridine rings is 1. The number of aryl methyl sites for hydroxylation is 1. The quantitative estimate of drug-likeness (QED) is 0.180. The average molecular weight is 741 g/mol. The Morgan fingerprint density at radius 3 is 2.74 bits per heavy atom. The molecule has 2 aromatic heterocycles. The van der Waals surface area contributed by atoms with E-state index in [2.05, 4.69) is 34.9 Å². The summed E-state index contributed by atoms with van der Waals surface area (Å²) in [7, 11) is 1.60. The Labute approximate surface area is 314 Å². The van der Waals surface area contributed by atoms with Gasteiger partial charge in [0.1, 0.15) is 41.9 Å². The van der Waals surface area contributed by atoms with Gasteiger partial charge in [0.2, 0.25) is 5.88 Å². The van der Waals surface area contributed by atoms with Crippen molar-refractivity contribution in [2.24, 2.45) is 0 Å². The van der Waals surface area contributed by atoms with Gasteiger partial charge in [0.05, 0.1) is 34.9 Å². The van der Waals surface area contributed by atoms with E-state index in [1.54, 1.807) is 7.11 Å². The number of anilines is 1. The van der Waals surface area contributed by atoms with E-state index in [-0.39, 0.29) is 42.6 Å². The van der Waals surface area contributed by atoms with Gasteiger partial charge in [-0.1, -0.05) is 25.1 Å². The molecule has 13 heteroatoms. The summed E-state index contributed by atoms with van der Waals surface area (Å²) >= 11 is 0. The molecule has 0 aliphatic carbocycles. The molecule has 4 saturated heterocycles. The molecule has 5 atom stereocenters. The van der Waals surface area contributed by atoms with Crippen LogP contribution in [0.4, 0.5) is 15.0 Å². The zero-order valence-electron chi connectivity index (χ0n) is 31.8. The van der Waals surface area contributed by atoms with Crippen LogP contribution in [0.25, 0.3) is 32.9 Å². The summed E-state index contributed by atoms with van der Waals surface area (Å²) in [6, 6.07) is 12.1. The third kappa shape index (κ3) is 6.03. The number of piperazine rings is 1. The van der Waals surface area contributed by atoms with Crippen molar-refractivity contribution in [2.75, 3.05) is 51.7 Å². The number of nitrogens with zero attached hydrogens (tertiary/aromatic N) is 6. The Morgan fingerprint density at radius 1 is 1.06 bits per heavy atom. The summed E-state index contributed by atoms with van der Waals surface area (Å²) < 4.78 is 45.1. The van der Waals surface area contributed by atoms with Gasteiger partial charge in [-0.05, 0) is 94.0 Å². The highest BCUT2D eigenvalue weighted by Crippen LogP contribution is 2.46. The van der Waals surface area contributed by atoms with Crippen LogP contribution in [-0.4, -0.2) is 113 Å². The maximum Gasteiger partial charge on any atom is 0.410 e. The third-order valence-corrected chi connectivity index (χ3v) is 11.9. The molecule has 9 rings (SSSR count). The maximum atomic E-state index is 14.7. The molecule has 0 unspecified atom stereocenters. The predicted octanol–water partition coefficient (Wildman–Crippen LogP) is 6.69. The van der Waals surface area contributed by atoms with Crippen LogP contribution >= 0.6 is 0 Å². The lowest BCUT2D eigenvalue weighted by Crippen LogP contribution is -2.63. The molecule has 0 saturated carbocycles. The highest BCUT2D eigenvalue weighted by Gasteiger charge is 2.52. The number of carbonyl (C=O) groups excluding carboxylic acids is 1. The fraction of sp³-hybridized carbons (Fsp3) is 0.561. The molecule has 5 aliphatic heterocycles. The van der Waals surface area contributed by atoms with Gasteiger partial charge in [-0.3, -0.25) is 9.80 Å². The summed E-state index contributed by atoms with van der Waals surface area (Å²) in [6.45, 7) is 10.4. The number of hydrogen-bond acceptors (Lipinski definition) is 11. The van der Waals surface area contributed by atoms with Crippen LogP contribution in [0.2, 0.25) is 0 Å². The van der Waals surface area contributed by atoms with Gasteiger partial charge in [0, 0.05) is 32.2 Å². The fourth-order valence-corrected chi connectivity index (χ4v) is 9.68. The minimum absolute atomic E-state index is 0.0520. The van der Waals surface area contributed by atoms with Crippen molar-refractivity contribution >= 4 is 33.6 Å². The second kappa shape index (κ2) is 13.4. The van der Waals surface area contributed by atoms with Gasteiger partial charge in [-0.2, -0.15) is 9.97 Å². The van der Waals surface area contributed by atoms with Crippen LogP contribution in [0.1, 0.15) is 65.4 Å². The first-order chi connectivity index (χ1) is 26.0. The topological polar surface area (TPSA) is 112 Å². The number of halogens is 1. The van der Waals surface area contributed by atoms with Crippen molar-refractivity contribution in [3.63, 3.8) is 0 Å². The minimum atomic E-state index is -0.867. The van der Waals surface area contributed by atoms with Crippen molar-refractivity contribution in [3.05, 3.63) is 42.0 Å². The zero-order valence-corrected chi connectivity index (χ0v) is 31.8. The van der Waals surface area contributed by atoms with Crippen LogP contribution in [0.3, 0.4) is 0 Å². The number of rotatable bonds is 8. The lowest BCUT2D eigenvalue weighted by atomic mass is 9.95. The van der Waals surface area contributed by atoms with Gasteiger partial charge < -0.3 is 28.6 Å². The maximum absolute atomic E-state index is 14.7. The van der Waals surface area contributed by atoms with Gasteiger partial charge in [0.15, 0.2) is 6.79 Å². The highest BCUT2D eigenvalue weighted by molar-refractivity contribution is 6.03. The Kier molecular flexibility index (Phi) is 8.72. The van der Waals surface area contributed by atoms with Crippen molar-refractivity contribution in [1.29, 1.82) is 0 Å². The van der Waals surface area contributed by atoms with E-state index >= 15 is 0 Å². The average Bonchev–Trinajstić information content (AvgIpc) is 3.75. The second-order valence-corrected chi connectivity index (χ2v) is 16.5. The van der Waals surface area contributed by atoms with E-state index in [1.165, 1.54) is 5.56 Å². The summed E-state index contributed by atoms with van der Waals surface area (Å²) in [6.07, 6.45) is 3.69. The molecule has 286 valence electrons. The van der Waals surface area contributed by atoms with Crippen molar-refractivity contribution in [2.45, 2.75) is 102 Å². The number of carbonyl (C=O) groups is 1. The molecule has 12 nitrogen and oxygen atoms in total. The van der Waals surface area contributed by atoms with Crippen molar-refractivity contribution in [3.8, 4) is 28.9 Å². The largest absolute Gasteiger partial charge is 0.475 e. The Bertz CT molecular complexity index is 2110. The second-order valence-electron chi connectivity index (χ2n) is 16.5. The number of alkyl halides is 1. The molecule has 4 fully saturated rings. The Morgan fingerprint density at radius 2 is 1.93 bits per heavy atom. The van der Waals surface area contributed by atoms with Gasteiger partial charge >= 0.3 is 12.1 Å². The molecule has 4 aromatic rings. The van der Waals surface area contributed by atoms with E-state index in [4.69, 9.17) is 38.6 Å². The highest BCUT2D eigenvalue weighted by atomic mass is 19.1.